The number of hydrogen-bond donors (Lipinski definition) is 2. The lowest BCUT2D eigenvalue weighted by molar-refractivity contribution is -0.123. The molecule has 158 valence electrons. The molecule has 7 heteroatoms. The molecule has 2 N–H and O–H groups in total. The van der Waals surface area contributed by atoms with Crippen molar-refractivity contribution in [1.82, 2.24) is 5.43 Å². The van der Waals surface area contributed by atoms with E-state index in [2.05, 4.69) is 21.9 Å². The minimum Gasteiger partial charge on any atom is -0.483 e. The van der Waals surface area contributed by atoms with Crippen molar-refractivity contribution in [3.8, 4) is 5.75 Å². The number of carbonyl (C=O) groups excluding carboxylic acids is 2. The van der Waals surface area contributed by atoms with Gasteiger partial charge in [-0.05, 0) is 80.5 Å². The molecule has 0 unspecified atom stereocenters. The smallest absolute Gasteiger partial charge is 0.277 e. The number of amides is 2. The zero-order valence-electron chi connectivity index (χ0n) is 17.3. The van der Waals surface area contributed by atoms with E-state index in [1.54, 1.807) is 25.1 Å². The molecule has 0 aromatic heterocycles. The lowest BCUT2D eigenvalue weighted by atomic mass is 9.90. The van der Waals surface area contributed by atoms with E-state index >= 15 is 0 Å². The minimum absolute atomic E-state index is 0.0983. The molecule has 0 fully saturated rings. The van der Waals surface area contributed by atoms with Crippen molar-refractivity contribution >= 4 is 34.8 Å². The Labute approximate surface area is 181 Å². The van der Waals surface area contributed by atoms with Gasteiger partial charge in [0.1, 0.15) is 5.75 Å². The highest BCUT2D eigenvalue weighted by atomic mass is 35.5. The maximum Gasteiger partial charge on any atom is 0.277 e. The average molecular weight is 428 g/mol. The Morgan fingerprint density at radius 2 is 1.93 bits per heavy atom. The highest BCUT2D eigenvalue weighted by Gasteiger charge is 2.15. The molecule has 2 aromatic rings. The van der Waals surface area contributed by atoms with Crippen molar-refractivity contribution in [2.45, 2.75) is 46.0 Å². The first-order valence-corrected chi connectivity index (χ1v) is 10.4. The summed E-state index contributed by atoms with van der Waals surface area (Å²) >= 11 is 5.91. The van der Waals surface area contributed by atoms with Crippen molar-refractivity contribution in [2.24, 2.45) is 5.10 Å². The van der Waals surface area contributed by atoms with Crippen molar-refractivity contribution in [3.05, 3.63) is 58.1 Å². The summed E-state index contributed by atoms with van der Waals surface area (Å²) in [6.45, 7) is 3.37. The van der Waals surface area contributed by atoms with Crippen LogP contribution in [-0.2, 0) is 22.4 Å². The summed E-state index contributed by atoms with van der Waals surface area (Å²) in [5.74, 6) is 0.0274. The number of hydrazone groups is 1. The predicted molar refractivity (Wildman–Crippen MR) is 119 cm³/mol. The zero-order valence-corrected chi connectivity index (χ0v) is 18.0. The molecule has 1 aliphatic carbocycles. The Bertz CT molecular complexity index is 972. The van der Waals surface area contributed by atoms with E-state index < -0.39 is 5.91 Å². The van der Waals surface area contributed by atoms with E-state index in [0.29, 0.717) is 16.5 Å². The normalized spacial score (nSPS) is 13.4. The standard InChI is InChI=1S/C23H26ClN3O3/c1-15-12-18(24)10-11-21(15)30-14-23(29)27-26-16(2)13-22(28)25-20-9-5-7-17-6-3-4-8-19(17)20/h5,7,9-12H,3-4,6,8,13-14H2,1-2H3,(H,25,28)(H,27,29). The molecule has 2 aromatic carbocycles. The Hall–Kier alpha value is -2.86. The van der Waals surface area contributed by atoms with Crippen molar-refractivity contribution in [2.75, 3.05) is 11.9 Å². The SMILES string of the molecule is CC(CC(=O)Nc1cccc2c1CCCC2)=NNC(=O)COc1ccc(Cl)cc1C. The van der Waals surface area contributed by atoms with Gasteiger partial charge >= 0.3 is 0 Å². The fourth-order valence-corrected chi connectivity index (χ4v) is 3.70. The summed E-state index contributed by atoms with van der Waals surface area (Å²) in [6.07, 6.45) is 4.48. The number of aryl methyl sites for hydroxylation is 2. The summed E-state index contributed by atoms with van der Waals surface area (Å²) < 4.78 is 5.48. The molecule has 3 rings (SSSR count). The molecular weight excluding hydrogens is 402 g/mol. The number of benzene rings is 2. The fourth-order valence-electron chi connectivity index (χ4n) is 3.47. The molecule has 0 heterocycles. The maximum absolute atomic E-state index is 12.4. The van der Waals surface area contributed by atoms with Crippen LogP contribution in [-0.4, -0.2) is 24.1 Å². The number of fused-ring (bicyclic) bond motifs is 1. The van der Waals surface area contributed by atoms with E-state index in [0.717, 1.165) is 30.5 Å². The summed E-state index contributed by atoms with van der Waals surface area (Å²) in [7, 11) is 0. The molecular formula is C23H26ClN3O3. The van der Waals surface area contributed by atoms with E-state index in [1.165, 1.54) is 17.5 Å². The molecule has 0 saturated carbocycles. The number of nitrogens with zero attached hydrogens (tertiary/aromatic N) is 1. The topological polar surface area (TPSA) is 79.8 Å². The molecule has 0 radical (unpaired) electrons. The van der Waals surface area contributed by atoms with Crippen LogP contribution in [0, 0.1) is 6.92 Å². The fraction of sp³-hybridized carbons (Fsp3) is 0.348. The van der Waals surface area contributed by atoms with Crippen LogP contribution in [0.15, 0.2) is 41.5 Å². The number of carbonyl (C=O) groups is 2. The molecule has 0 saturated heterocycles. The van der Waals surface area contributed by atoms with E-state index in [-0.39, 0.29) is 18.9 Å². The predicted octanol–water partition coefficient (Wildman–Crippen LogP) is 4.43. The van der Waals surface area contributed by atoms with Gasteiger partial charge in [-0.3, -0.25) is 9.59 Å². The Morgan fingerprint density at radius 1 is 1.13 bits per heavy atom. The van der Waals surface area contributed by atoms with Gasteiger partial charge in [0.2, 0.25) is 5.91 Å². The van der Waals surface area contributed by atoms with Gasteiger partial charge in [0, 0.05) is 16.4 Å². The van der Waals surface area contributed by atoms with Gasteiger partial charge in [0.05, 0.1) is 6.42 Å². The van der Waals surface area contributed by atoms with Gasteiger partial charge in [0.25, 0.3) is 5.91 Å². The first kappa shape index (κ1) is 21.8. The van der Waals surface area contributed by atoms with Gasteiger partial charge in [-0.15, -0.1) is 0 Å². The average Bonchev–Trinajstić information content (AvgIpc) is 2.72. The third kappa shape index (κ3) is 6.07. The van der Waals surface area contributed by atoms with Crippen molar-refractivity contribution in [1.29, 1.82) is 0 Å². The van der Waals surface area contributed by atoms with Crippen LogP contribution >= 0.6 is 11.6 Å². The van der Waals surface area contributed by atoms with Crippen LogP contribution < -0.4 is 15.5 Å². The Balaban J connectivity index is 1.47. The Morgan fingerprint density at radius 3 is 2.73 bits per heavy atom. The van der Waals surface area contributed by atoms with Crippen LogP contribution in [0.4, 0.5) is 5.69 Å². The lowest BCUT2D eigenvalue weighted by Crippen LogP contribution is -2.26. The number of anilines is 1. The largest absolute Gasteiger partial charge is 0.483 e. The van der Waals surface area contributed by atoms with Crippen molar-refractivity contribution in [3.63, 3.8) is 0 Å². The third-order valence-corrected chi connectivity index (χ3v) is 5.19. The summed E-state index contributed by atoms with van der Waals surface area (Å²) in [5.41, 5.74) is 7.19. The quantitative estimate of drug-likeness (QED) is 0.506. The molecule has 6 nitrogen and oxygen atoms in total. The second-order valence-corrected chi connectivity index (χ2v) is 7.89. The van der Waals surface area contributed by atoms with E-state index in [4.69, 9.17) is 16.3 Å². The molecule has 0 bridgehead atoms. The monoisotopic (exact) mass is 427 g/mol. The van der Waals surface area contributed by atoms with Gasteiger partial charge in [-0.25, -0.2) is 5.43 Å². The maximum atomic E-state index is 12.4. The second kappa shape index (κ2) is 10.3. The van der Waals surface area contributed by atoms with Crippen LogP contribution in [0.2, 0.25) is 5.02 Å². The highest BCUT2D eigenvalue weighted by molar-refractivity contribution is 6.30. The van der Waals surface area contributed by atoms with Crippen molar-refractivity contribution < 1.29 is 14.3 Å². The third-order valence-electron chi connectivity index (χ3n) is 4.95. The summed E-state index contributed by atoms with van der Waals surface area (Å²) in [6, 6.07) is 11.2. The first-order valence-electron chi connectivity index (χ1n) is 10.0. The number of halogens is 1. The molecule has 30 heavy (non-hydrogen) atoms. The molecule has 1 aliphatic rings. The number of hydrogen-bond acceptors (Lipinski definition) is 4. The van der Waals surface area contributed by atoms with Crippen LogP contribution in [0.1, 0.15) is 42.9 Å². The van der Waals surface area contributed by atoms with Gasteiger partial charge in [-0.1, -0.05) is 23.7 Å². The van der Waals surface area contributed by atoms with Crippen LogP contribution in [0.25, 0.3) is 0 Å². The molecule has 0 spiro atoms. The second-order valence-electron chi connectivity index (χ2n) is 7.46. The molecule has 0 atom stereocenters. The van der Waals surface area contributed by atoms with Crippen LogP contribution in [0.3, 0.4) is 0 Å². The van der Waals surface area contributed by atoms with Gasteiger partial charge in [-0.2, -0.15) is 5.10 Å². The number of rotatable bonds is 7. The Kier molecular flexibility index (Phi) is 7.46. The van der Waals surface area contributed by atoms with E-state index in [9.17, 15) is 9.59 Å². The van der Waals surface area contributed by atoms with E-state index in [1.807, 2.05) is 19.1 Å². The highest BCUT2D eigenvalue weighted by Crippen LogP contribution is 2.28. The first-order chi connectivity index (χ1) is 14.4. The number of ether oxygens (including phenoxy) is 1. The van der Waals surface area contributed by atoms with Crippen LogP contribution in [0.5, 0.6) is 5.75 Å². The summed E-state index contributed by atoms with van der Waals surface area (Å²) in [5, 5.41) is 7.59. The molecule has 2 amide bonds. The molecule has 0 aliphatic heterocycles. The number of nitrogens with one attached hydrogen (secondary N) is 2. The zero-order chi connectivity index (χ0) is 21.5. The minimum atomic E-state index is -0.402. The summed E-state index contributed by atoms with van der Waals surface area (Å²) in [4.78, 5) is 24.4. The van der Waals surface area contributed by atoms with Gasteiger partial charge < -0.3 is 10.1 Å². The lowest BCUT2D eigenvalue weighted by Gasteiger charge is -2.19. The van der Waals surface area contributed by atoms with Gasteiger partial charge in [0.15, 0.2) is 6.61 Å².